The lowest BCUT2D eigenvalue weighted by Gasteiger charge is -2.11. The van der Waals surface area contributed by atoms with Crippen LogP contribution in [0.3, 0.4) is 0 Å². The van der Waals surface area contributed by atoms with Gasteiger partial charge in [0.2, 0.25) is 0 Å². The van der Waals surface area contributed by atoms with Gasteiger partial charge in [-0.25, -0.2) is 9.18 Å². The zero-order valence-corrected chi connectivity index (χ0v) is 8.77. The molecule has 0 bridgehead atoms. The standard InChI is InChI=1S/C10H9F4NO2/c1-2-17-9(16)6-3-5(10(12,13)14)4-7(15)8(6)11/h3-4H,2,15H2,1H3. The van der Waals surface area contributed by atoms with Gasteiger partial charge in [0.25, 0.3) is 0 Å². The smallest absolute Gasteiger partial charge is 0.416 e. The number of anilines is 1. The van der Waals surface area contributed by atoms with E-state index in [2.05, 4.69) is 4.74 Å². The maximum atomic E-state index is 13.4. The summed E-state index contributed by atoms with van der Waals surface area (Å²) in [4.78, 5) is 11.2. The Bertz CT molecular complexity index is 443. The van der Waals surface area contributed by atoms with E-state index in [0.717, 1.165) is 0 Å². The number of hydrogen-bond acceptors (Lipinski definition) is 3. The van der Waals surface area contributed by atoms with Gasteiger partial charge in [-0.15, -0.1) is 0 Å². The molecule has 1 rings (SSSR count). The van der Waals surface area contributed by atoms with Gasteiger partial charge in [-0.1, -0.05) is 0 Å². The van der Waals surface area contributed by atoms with Crippen molar-refractivity contribution in [3.05, 3.63) is 29.1 Å². The maximum absolute atomic E-state index is 13.4. The number of benzene rings is 1. The molecule has 0 aliphatic carbocycles. The van der Waals surface area contributed by atoms with Crippen molar-refractivity contribution in [3.63, 3.8) is 0 Å². The normalized spacial score (nSPS) is 11.4. The lowest BCUT2D eigenvalue weighted by Crippen LogP contribution is -2.13. The van der Waals surface area contributed by atoms with Crippen molar-refractivity contribution >= 4 is 11.7 Å². The molecule has 0 saturated heterocycles. The number of carbonyl (C=O) groups is 1. The second kappa shape index (κ2) is 4.60. The summed E-state index contributed by atoms with van der Waals surface area (Å²) < 4.78 is 55.0. The highest BCUT2D eigenvalue weighted by Gasteiger charge is 2.33. The van der Waals surface area contributed by atoms with E-state index in [-0.39, 0.29) is 6.61 Å². The van der Waals surface area contributed by atoms with E-state index >= 15 is 0 Å². The zero-order chi connectivity index (χ0) is 13.2. The van der Waals surface area contributed by atoms with Crippen molar-refractivity contribution < 1.29 is 27.1 Å². The molecule has 0 atom stereocenters. The van der Waals surface area contributed by atoms with Crippen LogP contribution in [0.4, 0.5) is 23.2 Å². The molecule has 7 heteroatoms. The second-order valence-corrected chi connectivity index (χ2v) is 3.15. The van der Waals surface area contributed by atoms with E-state index in [1.54, 1.807) is 0 Å². The summed E-state index contributed by atoms with van der Waals surface area (Å²) in [7, 11) is 0. The summed E-state index contributed by atoms with van der Waals surface area (Å²) in [6.07, 6.45) is -4.71. The van der Waals surface area contributed by atoms with Crippen molar-refractivity contribution in [2.45, 2.75) is 13.1 Å². The molecule has 1 aromatic carbocycles. The SMILES string of the molecule is CCOC(=O)c1cc(C(F)(F)F)cc(N)c1F. The first-order chi connectivity index (χ1) is 7.77. The molecule has 0 heterocycles. The molecule has 0 fully saturated rings. The molecule has 17 heavy (non-hydrogen) atoms. The van der Waals surface area contributed by atoms with Gasteiger partial charge in [0.1, 0.15) is 0 Å². The molecule has 0 saturated carbocycles. The number of ether oxygens (including phenoxy) is 1. The van der Waals surface area contributed by atoms with Gasteiger partial charge in [-0.2, -0.15) is 13.2 Å². The number of halogens is 4. The topological polar surface area (TPSA) is 52.3 Å². The highest BCUT2D eigenvalue weighted by atomic mass is 19.4. The predicted molar refractivity (Wildman–Crippen MR) is 51.8 cm³/mol. The molecule has 3 nitrogen and oxygen atoms in total. The highest BCUT2D eigenvalue weighted by Crippen LogP contribution is 2.32. The zero-order valence-electron chi connectivity index (χ0n) is 8.77. The van der Waals surface area contributed by atoms with Crippen LogP contribution < -0.4 is 5.73 Å². The van der Waals surface area contributed by atoms with Crippen molar-refractivity contribution in [2.24, 2.45) is 0 Å². The van der Waals surface area contributed by atoms with E-state index in [4.69, 9.17) is 5.73 Å². The molecule has 0 spiro atoms. The lowest BCUT2D eigenvalue weighted by molar-refractivity contribution is -0.137. The predicted octanol–water partition coefficient (Wildman–Crippen LogP) is 2.60. The van der Waals surface area contributed by atoms with Crippen LogP contribution in [0.5, 0.6) is 0 Å². The Balaban J connectivity index is 3.30. The first-order valence-corrected chi connectivity index (χ1v) is 4.60. The minimum absolute atomic E-state index is 0.0750. The van der Waals surface area contributed by atoms with E-state index in [0.29, 0.717) is 12.1 Å². The Kier molecular flexibility index (Phi) is 3.59. The number of esters is 1. The highest BCUT2D eigenvalue weighted by molar-refractivity contribution is 5.91. The molecule has 0 aliphatic heterocycles. The minimum Gasteiger partial charge on any atom is -0.462 e. The number of alkyl halides is 3. The summed E-state index contributed by atoms with van der Waals surface area (Å²) in [6.45, 7) is 1.38. The quantitative estimate of drug-likeness (QED) is 0.499. The summed E-state index contributed by atoms with van der Waals surface area (Å²) in [5.41, 5.74) is 2.31. The molecule has 2 N–H and O–H groups in total. The van der Waals surface area contributed by atoms with Gasteiger partial charge < -0.3 is 10.5 Å². The van der Waals surface area contributed by atoms with Gasteiger partial charge in [0, 0.05) is 0 Å². The van der Waals surface area contributed by atoms with Crippen molar-refractivity contribution in [1.29, 1.82) is 0 Å². The van der Waals surface area contributed by atoms with Crippen molar-refractivity contribution in [1.82, 2.24) is 0 Å². The molecular weight excluding hydrogens is 242 g/mol. The molecule has 94 valence electrons. The van der Waals surface area contributed by atoms with Crippen LogP contribution in [0.2, 0.25) is 0 Å². The summed E-state index contributed by atoms with van der Waals surface area (Å²) in [5.74, 6) is -2.39. The van der Waals surface area contributed by atoms with E-state index in [1.807, 2.05) is 0 Å². The van der Waals surface area contributed by atoms with Crippen molar-refractivity contribution in [2.75, 3.05) is 12.3 Å². The van der Waals surface area contributed by atoms with Gasteiger partial charge in [-0.3, -0.25) is 0 Å². The van der Waals surface area contributed by atoms with E-state index in [1.165, 1.54) is 6.92 Å². The number of carbonyl (C=O) groups excluding carboxylic acids is 1. The molecule has 0 radical (unpaired) electrons. The number of hydrogen-bond donors (Lipinski definition) is 1. The summed E-state index contributed by atoms with van der Waals surface area (Å²) in [6, 6.07) is 0.807. The summed E-state index contributed by atoms with van der Waals surface area (Å²) >= 11 is 0. The van der Waals surface area contributed by atoms with Crippen LogP contribution in [0, 0.1) is 5.82 Å². The third-order valence-electron chi connectivity index (χ3n) is 1.92. The van der Waals surface area contributed by atoms with Gasteiger partial charge in [-0.05, 0) is 19.1 Å². The van der Waals surface area contributed by atoms with E-state index in [9.17, 15) is 22.4 Å². The number of rotatable bonds is 2. The Morgan fingerprint density at radius 3 is 2.47 bits per heavy atom. The van der Waals surface area contributed by atoms with Crippen LogP contribution >= 0.6 is 0 Å². The van der Waals surface area contributed by atoms with Crippen LogP contribution in [-0.4, -0.2) is 12.6 Å². The van der Waals surface area contributed by atoms with Crippen LogP contribution in [0.25, 0.3) is 0 Å². The molecular formula is C10H9F4NO2. The monoisotopic (exact) mass is 251 g/mol. The third-order valence-corrected chi connectivity index (χ3v) is 1.92. The Hall–Kier alpha value is -1.79. The van der Waals surface area contributed by atoms with Gasteiger partial charge >= 0.3 is 12.1 Å². The maximum Gasteiger partial charge on any atom is 0.416 e. The summed E-state index contributed by atoms with van der Waals surface area (Å²) in [5, 5.41) is 0. The van der Waals surface area contributed by atoms with Gasteiger partial charge in [0.05, 0.1) is 23.4 Å². The van der Waals surface area contributed by atoms with Crippen LogP contribution in [0.1, 0.15) is 22.8 Å². The first kappa shape index (κ1) is 13.3. The molecule has 0 amide bonds. The number of nitrogens with two attached hydrogens (primary N) is 1. The number of nitrogen functional groups attached to an aromatic ring is 1. The fraction of sp³-hybridized carbons (Fsp3) is 0.300. The largest absolute Gasteiger partial charge is 0.462 e. The average Bonchev–Trinajstić information content (AvgIpc) is 2.20. The third kappa shape index (κ3) is 2.86. The molecule has 0 aromatic heterocycles. The first-order valence-electron chi connectivity index (χ1n) is 4.60. The Labute approximate surface area is 94.2 Å². The van der Waals surface area contributed by atoms with Gasteiger partial charge in [0.15, 0.2) is 5.82 Å². The molecule has 0 aliphatic rings. The molecule has 1 aromatic rings. The fourth-order valence-electron chi connectivity index (χ4n) is 1.17. The molecule has 0 unspecified atom stereocenters. The fourth-order valence-corrected chi connectivity index (χ4v) is 1.17. The van der Waals surface area contributed by atoms with E-state index < -0.39 is 34.8 Å². The average molecular weight is 251 g/mol. The van der Waals surface area contributed by atoms with Crippen molar-refractivity contribution in [3.8, 4) is 0 Å². The Morgan fingerprint density at radius 2 is 2.00 bits per heavy atom. The van der Waals surface area contributed by atoms with Crippen LogP contribution in [0.15, 0.2) is 12.1 Å². The van der Waals surface area contributed by atoms with Crippen LogP contribution in [-0.2, 0) is 10.9 Å². The minimum atomic E-state index is -4.71. The Morgan fingerprint density at radius 1 is 1.41 bits per heavy atom. The second-order valence-electron chi connectivity index (χ2n) is 3.15. The lowest BCUT2D eigenvalue weighted by atomic mass is 10.1.